The molecule has 4 aromatic rings. The summed E-state index contributed by atoms with van der Waals surface area (Å²) in [4.78, 5) is 36.1. The summed E-state index contributed by atoms with van der Waals surface area (Å²) in [6, 6.07) is 29.5. The molecule has 3 aliphatic rings. The molecule has 0 unspecified atom stereocenters. The average Bonchev–Trinajstić information content (AvgIpc) is 3.75. The second-order valence-electron chi connectivity index (χ2n) is 9.03. The summed E-state index contributed by atoms with van der Waals surface area (Å²) >= 11 is 0. The molecule has 0 saturated heterocycles. The Hall–Kier alpha value is -6.77. The van der Waals surface area contributed by atoms with E-state index in [0.717, 1.165) is 0 Å². The van der Waals surface area contributed by atoms with E-state index < -0.39 is 0 Å². The standard InChI is InChI=1S/C31H13N11/c32-14-17(28-35-20-7-1-2-8-21(20)36-28)26-13-27(18(15-33)29-37-22-9-3-4-10-23(22)38-29)42-31(41-26)19(16-34)30-39-24-11-5-6-12-25(24)40-30/h1-13H. The van der Waals surface area contributed by atoms with Gasteiger partial charge in [0.25, 0.3) is 0 Å². The van der Waals surface area contributed by atoms with Crippen molar-refractivity contribution < 1.29 is 0 Å². The Bertz CT molecular complexity index is 2100. The molecular formula is C31H13N11. The molecular weight excluding hydrogens is 526 g/mol. The number of aromatic nitrogens is 2. The molecule has 0 bridgehead atoms. The predicted octanol–water partition coefficient (Wildman–Crippen LogP) is 0.912. The van der Waals surface area contributed by atoms with Crippen LogP contribution in [0.15, 0.2) is 126 Å². The Labute approximate surface area is 236 Å². The number of fused-ring (bicyclic) bond motifs is 3. The quantitative estimate of drug-likeness (QED) is 0.352. The highest BCUT2D eigenvalue weighted by Gasteiger charge is 2.23. The van der Waals surface area contributed by atoms with Gasteiger partial charge in [-0.25, -0.2) is 39.9 Å². The minimum Gasteiger partial charge on any atom is -0.226 e. The van der Waals surface area contributed by atoms with Crippen molar-refractivity contribution in [3.05, 3.63) is 146 Å². The molecule has 0 saturated carbocycles. The number of benzene rings is 3. The van der Waals surface area contributed by atoms with Crippen LogP contribution < -0.4 is 32.1 Å². The summed E-state index contributed by atoms with van der Waals surface area (Å²) in [5.41, 5.74) is 0.257. The summed E-state index contributed by atoms with van der Waals surface area (Å²) in [6.45, 7) is 0. The fraction of sp³-hybridized carbons (Fsp3) is 0. The van der Waals surface area contributed by atoms with E-state index in [1.807, 2.05) is 36.4 Å². The average molecular weight is 540 g/mol. The van der Waals surface area contributed by atoms with Crippen LogP contribution >= 0.6 is 0 Å². The SMILES string of the molecule is N#CC(=C1N=c2ccccc2=N1)c1cc(C(C#N)=C2N=c3ccccc3=N2)nc(C(C#N)=C2N=c3ccccc3=N2)n1. The summed E-state index contributed by atoms with van der Waals surface area (Å²) in [6.07, 6.45) is 0. The third kappa shape index (κ3) is 4.06. The van der Waals surface area contributed by atoms with Crippen LogP contribution in [0.4, 0.5) is 0 Å². The van der Waals surface area contributed by atoms with Crippen LogP contribution in [0, 0.1) is 34.0 Å². The normalized spacial score (nSPS) is 13.2. The summed E-state index contributed by atoms with van der Waals surface area (Å²) in [5.74, 6) is 0.339. The Morgan fingerprint density at radius 2 is 0.714 bits per heavy atom. The first-order valence-corrected chi connectivity index (χ1v) is 12.6. The van der Waals surface area contributed by atoms with Gasteiger partial charge in [-0.3, -0.25) is 0 Å². The van der Waals surface area contributed by atoms with Gasteiger partial charge < -0.3 is 0 Å². The molecule has 0 N–H and O–H groups in total. The molecule has 0 fully saturated rings. The van der Waals surface area contributed by atoms with Gasteiger partial charge in [0.05, 0.1) is 43.5 Å². The molecule has 192 valence electrons. The van der Waals surface area contributed by atoms with Gasteiger partial charge in [-0.15, -0.1) is 0 Å². The number of rotatable bonds is 3. The van der Waals surface area contributed by atoms with Crippen LogP contribution in [0.25, 0.3) is 16.7 Å². The van der Waals surface area contributed by atoms with E-state index >= 15 is 0 Å². The van der Waals surface area contributed by atoms with E-state index in [-0.39, 0.29) is 51.4 Å². The Kier molecular flexibility index (Phi) is 5.64. The molecule has 7 rings (SSSR count). The van der Waals surface area contributed by atoms with Gasteiger partial charge in [0.1, 0.15) is 34.9 Å². The van der Waals surface area contributed by atoms with Crippen LogP contribution in [0.2, 0.25) is 0 Å². The van der Waals surface area contributed by atoms with Crippen molar-refractivity contribution in [3.8, 4) is 18.2 Å². The summed E-state index contributed by atoms with van der Waals surface area (Å²) in [5, 5.41) is 34.3. The molecule has 11 nitrogen and oxygen atoms in total. The minimum absolute atomic E-state index is 0.0350. The number of hydrogen-bond acceptors (Lipinski definition) is 11. The molecule has 0 amide bonds. The van der Waals surface area contributed by atoms with E-state index in [1.54, 1.807) is 36.4 Å². The maximum absolute atomic E-state index is 10.2. The summed E-state index contributed by atoms with van der Waals surface area (Å²) < 4.78 is 0. The number of para-hydroxylation sites is 6. The van der Waals surface area contributed by atoms with Crippen LogP contribution in [-0.4, -0.2) is 9.97 Å². The highest BCUT2D eigenvalue weighted by atomic mass is 15.0. The molecule has 1 aromatic heterocycles. The lowest BCUT2D eigenvalue weighted by molar-refractivity contribution is 1.06. The van der Waals surface area contributed by atoms with Gasteiger partial charge in [0.15, 0.2) is 23.3 Å². The van der Waals surface area contributed by atoms with Crippen LogP contribution in [0.5, 0.6) is 0 Å². The van der Waals surface area contributed by atoms with E-state index in [9.17, 15) is 15.8 Å². The minimum atomic E-state index is -0.0759. The molecule has 4 heterocycles. The molecule has 0 spiro atoms. The summed E-state index contributed by atoms with van der Waals surface area (Å²) in [7, 11) is 0. The van der Waals surface area contributed by atoms with Crippen molar-refractivity contribution in [1.29, 1.82) is 15.8 Å². The van der Waals surface area contributed by atoms with Gasteiger partial charge in [0, 0.05) is 0 Å². The molecule has 11 heteroatoms. The van der Waals surface area contributed by atoms with Crippen molar-refractivity contribution in [2.75, 3.05) is 0 Å². The van der Waals surface area contributed by atoms with Crippen molar-refractivity contribution >= 4 is 16.7 Å². The van der Waals surface area contributed by atoms with Gasteiger partial charge in [-0.2, -0.15) is 15.8 Å². The third-order valence-corrected chi connectivity index (χ3v) is 6.47. The molecule has 3 aromatic carbocycles. The molecule has 0 atom stereocenters. The number of allylic oxidation sites excluding steroid dienone is 3. The molecule has 3 aliphatic heterocycles. The Morgan fingerprint density at radius 1 is 0.429 bits per heavy atom. The van der Waals surface area contributed by atoms with Gasteiger partial charge >= 0.3 is 0 Å². The number of hydrogen-bond donors (Lipinski definition) is 0. The van der Waals surface area contributed by atoms with Gasteiger partial charge in [-0.05, 0) is 42.5 Å². The first kappa shape index (κ1) is 24.3. The maximum Gasteiger partial charge on any atom is 0.175 e. The lowest BCUT2D eigenvalue weighted by Gasteiger charge is -2.08. The maximum atomic E-state index is 10.2. The molecule has 0 radical (unpaired) electrons. The van der Waals surface area contributed by atoms with Crippen LogP contribution in [0.3, 0.4) is 0 Å². The first-order valence-electron chi connectivity index (χ1n) is 12.6. The van der Waals surface area contributed by atoms with Crippen LogP contribution in [-0.2, 0) is 0 Å². The lowest BCUT2D eigenvalue weighted by Crippen LogP contribution is -2.19. The fourth-order valence-corrected chi connectivity index (χ4v) is 4.51. The monoisotopic (exact) mass is 539 g/mol. The van der Waals surface area contributed by atoms with E-state index in [1.165, 1.54) is 6.07 Å². The Balaban J connectivity index is 1.50. The molecule has 42 heavy (non-hydrogen) atoms. The van der Waals surface area contributed by atoms with E-state index in [4.69, 9.17) is 0 Å². The van der Waals surface area contributed by atoms with Gasteiger partial charge in [-0.1, -0.05) is 36.4 Å². The second-order valence-corrected chi connectivity index (χ2v) is 9.03. The largest absolute Gasteiger partial charge is 0.226 e. The smallest absolute Gasteiger partial charge is 0.175 e. The zero-order valence-corrected chi connectivity index (χ0v) is 21.4. The highest BCUT2D eigenvalue weighted by Crippen LogP contribution is 2.27. The van der Waals surface area contributed by atoms with Crippen molar-refractivity contribution in [3.63, 3.8) is 0 Å². The number of nitrogens with zero attached hydrogens (tertiary/aromatic N) is 11. The molecule has 0 aliphatic carbocycles. The topological polar surface area (TPSA) is 171 Å². The Morgan fingerprint density at radius 3 is 1.00 bits per heavy atom. The van der Waals surface area contributed by atoms with E-state index in [2.05, 4.69) is 58.1 Å². The van der Waals surface area contributed by atoms with Crippen molar-refractivity contribution in [1.82, 2.24) is 9.97 Å². The van der Waals surface area contributed by atoms with Crippen molar-refractivity contribution in [2.24, 2.45) is 30.0 Å². The highest BCUT2D eigenvalue weighted by molar-refractivity contribution is 5.84. The first-order chi connectivity index (χ1) is 20.6. The van der Waals surface area contributed by atoms with E-state index in [0.29, 0.717) is 32.1 Å². The fourth-order valence-electron chi connectivity index (χ4n) is 4.51. The number of nitriles is 3. The van der Waals surface area contributed by atoms with Crippen molar-refractivity contribution in [2.45, 2.75) is 0 Å². The van der Waals surface area contributed by atoms with Crippen LogP contribution in [0.1, 0.15) is 17.2 Å². The predicted molar refractivity (Wildman–Crippen MR) is 146 cm³/mol. The second kappa shape index (κ2) is 9.76. The zero-order chi connectivity index (χ0) is 28.6. The van der Waals surface area contributed by atoms with Gasteiger partial charge in [0.2, 0.25) is 0 Å². The third-order valence-electron chi connectivity index (χ3n) is 6.47. The lowest BCUT2D eigenvalue weighted by atomic mass is 10.1. The zero-order valence-electron chi connectivity index (χ0n) is 21.4.